The topological polar surface area (TPSA) is 54.4 Å². The Morgan fingerprint density at radius 2 is 2.10 bits per heavy atom. The largest absolute Gasteiger partial charge is 0.506 e. The predicted octanol–water partition coefficient (Wildman–Crippen LogP) is 4.11. The number of anilines is 1. The Morgan fingerprint density at radius 1 is 1.24 bits per heavy atom. The zero-order valence-electron chi connectivity index (χ0n) is 11.3. The van der Waals surface area contributed by atoms with Gasteiger partial charge in [-0.05, 0) is 29.8 Å². The summed E-state index contributed by atoms with van der Waals surface area (Å²) < 4.78 is 5.12. The van der Waals surface area contributed by atoms with E-state index in [4.69, 9.17) is 16.3 Å². The van der Waals surface area contributed by atoms with Gasteiger partial charge in [0, 0.05) is 28.5 Å². The number of halogens is 1. The molecule has 5 heteroatoms. The number of methoxy groups -OCH3 is 1. The maximum Gasteiger partial charge on any atom is 0.213 e. The van der Waals surface area contributed by atoms with E-state index in [0.717, 1.165) is 11.3 Å². The average molecular weight is 301 g/mol. The summed E-state index contributed by atoms with van der Waals surface area (Å²) in [5, 5.41) is 13.9. The van der Waals surface area contributed by atoms with Crippen molar-refractivity contribution >= 4 is 28.9 Å². The zero-order chi connectivity index (χ0) is 14.8. The fourth-order valence-electron chi connectivity index (χ4n) is 2.12. The highest BCUT2D eigenvalue weighted by Gasteiger charge is 2.14. The molecule has 2 heterocycles. The fraction of sp³-hybridized carbons (Fsp3) is 0.0625. The van der Waals surface area contributed by atoms with Gasteiger partial charge < -0.3 is 15.2 Å². The number of allylic oxidation sites excluding steroid dienone is 1. The molecule has 0 spiro atoms. The van der Waals surface area contributed by atoms with Gasteiger partial charge in [-0.3, -0.25) is 0 Å². The van der Waals surface area contributed by atoms with Crippen molar-refractivity contribution in [1.29, 1.82) is 0 Å². The summed E-state index contributed by atoms with van der Waals surface area (Å²) >= 11 is 5.99. The fourth-order valence-corrected chi connectivity index (χ4v) is 2.29. The van der Waals surface area contributed by atoms with Crippen molar-refractivity contribution in [3.63, 3.8) is 0 Å². The van der Waals surface area contributed by atoms with E-state index in [0.29, 0.717) is 22.2 Å². The van der Waals surface area contributed by atoms with E-state index < -0.39 is 0 Å². The van der Waals surface area contributed by atoms with E-state index in [1.54, 1.807) is 25.3 Å². The molecular weight excluding hydrogens is 288 g/mol. The quantitative estimate of drug-likeness (QED) is 0.876. The third-order valence-electron chi connectivity index (χ3n) is 3.16. The van der Waals surface area contributed by atoms with Gasteiger partial charge in [0.15, 0.2) is 0 Å². The van der Waals surface area contributed by atoms with Crippen LogP contribution in [0.3, 0.4) is 0 Å². The second-order valence-corrected chi connectivity index (χ2v) is 4.97. The molecular formula is C16H13ClN2O2. The van der Waals surface area contributed by atoms with Gasteiger partial charge in [0.1, 0.15) is 5.76 Å². The Morgan fingerprint density at radius 3 is 2.90 bits per heavy atom. The number of ether oxygens (including phenoxy) is 1. The molecule has 1 aromatic heterocycles. The summed E-state index contributed by atoms with van der Waals surface area (Å²) in [6.45, 7) is 0. The summed E-state index contributed by atoms with van der Waals surface area (Å²) in [7, 11) is 1.56. The molecule has 1 aliphatic heterocycles. The van der Waals surface area contributed by atoms with Gasteiger partial charge in [-0.15, -0.1) is 0 Å². The van der Waals surface area contributed by atoms with Crippen LogP contribution in [0.1, 0.15) is 11.3 Å². The summed E-state index contributed by atoms with van der Waals surface area (Å²) in [5.74, 6) is 0.595. The summed E-state index contributed by atoms with van der Waals surface area (Å²) in [5.41, 5.74) is 2.99. The number of hydrogen-bond donors (Lipinski definition) is 2. The maximum absolute atomic E-state index is 10.2. The molecule has 1 aliphatic rings. The maximum atomic E-state index is 10.2. The minimum absolute atomic E-state index is 0.100. The van der Waals surface area contributed by atoms with Gasteiger partial charge in [0.2, 0.25) is 5.88 Å². The van der Waals surface area contributed by atoms with Crippen LogP contribution < -0.4 is 10.1 Å². The lowest BCUT2D eigenvalue weighted by molar-refractivity contribution is 0.397. The van der Waals surface area contributed by atoms with E-state index in [2.05, 4.69) is 10.3 Å². The van der Waals surface area contributed by atoms with Gasteiger partial charge in [0.25, 0.3) is 0 Å². The highest BCUT2D eigenvalue weighted by molar-refractivity contribution is 6.31. The molecule has 0 radical (unpaired) electrons. The monoisotopic (exact) mass is 300 g/mol. The number of aliphatic hydroxyl groups excluding tert-OH is 1. The van der Waals surface area contributed by atoms with Crippen molar-refractivity contribution < 1.29 is 9.84 Å². The first-order valence-electron chi connectivity index (χ1n) is 6.36. The zero-order valence-corrected chi connectivity index (χ0v) is 12.1. The lowest BCUT2D eigenvalue weighted by Crippen LogP contribution is -1.96. The van der Waals surface area contributed by atoms with Gasteiger partial charge >= 0.3 is 0 Å². The van der Waals surface area contributed by atoms with Crippen LogP contribution >= 0.6 is 11.6 Å². The first-order valence-corrected chi connectivity index (χ1v) is 6.74. The molecule has 2 N–H and O–H groups in total. The first-order chi connectivity index (χ1) is 10.2. The highest BCUT2D eigenvalue weighted by Crippen LogP contribution is 2.31. The Labute approximate surface area is 127 Å². The number of aliphatic hydroxyl groups is 1. The number of nitrogens with zero attached hydrogens (tertiary/aromatic N) is 1. The number of hydrogen-bond acceptors (Lipinski definition) is 4. The minimum atomic E-state index is 0.100. The van der Waals surface area contributed by atoms with Gasteiger partial charge in [-0.1, -0.05) is 23.7 Å². The molecule has 2 aromatic rings. The number of benzene rings is 1. The van der Waals surface area contributed by atoms with E-state index in [-0.39, 0.29) is 5.76 Å². The predicted molar refractivity (Wildman–Crippen MR) is 84.4 cm³/mol. The summed E-state index contributed by atoms with van der Waals surface area (Å²) in [6.07, 6.45) is 3.38. The van der Waals surface area contributed by atoms with Crippen molar-refractivity contribution in [2.45, 2.75) is 0 Å². The number of aromatic nitrogens is 1. The third kappa shape index (κ3) is 2.71. The Kier molecular flexibility index (Phi) is 3.54. The standard InChI is InChI=1S/C16H13ClN2O2/c1-21-16-4-2-3-13(19-16)12-7-10-5-6-11(17)8-14(10)18-9-15(12)20/h2-9,18,20H,1H3. The van der Waals surface area contributed by atoms with Crippen LogP contribution in [-0.2, 0) is 0 Å². The van der Waals surface area contributed by atoms with Crippen molar-refractivity contribution in [3.8, 4) is 5.88 Å². The molecule has 0 amide bonds. The molecule has 1 aromatic carbocycles. The molecule has 0 atom stereocenters. The van der Waals surface area contributed by atoms with Crippen LogP contribution in [0.2, 0.25) is 5.02 Å². The second kappa shape index (κ2) is 5.50. The van der Waals surface area contributed by atoms with Crippen LogP contribution in [0.4, 0.5) is 5.69 Å². The van der Waals surface area contributed by atoms with Crippen LogP contribution in [0.25, 0.3) is 11.6 Å². The first kappa shape index (κ1) is 13.5. The summed E-state index contributed by atoms with van der Waals surface area (Å²) in [4.78, 5) is 4.35. The van der Waals surface area contributed by atoms with Crippen molar-refractivity contribution in [2.75, 3.05) is 12.4 Å². The van der Waals surface area contributed by atoms with E-state index in [1.165, 1.54) is 6.20 Å². The molecule has 0 unspecified atom stereocenters. The number of pyridine rings is 1. The molecule has 0 bridgehead atoms. The molecule has 3 rings (SSSR count). The van der Waals surface area contributed by atoms with Crippen LogP contribution in [-0.4, -0.2) is 17.2 Å². The van der Waals surface area contributed by atoms with Crippen LogP contribution in [0.15, 0.2) is 48.4 Å². The molecule has 0 fully saturated rings. The Bertz CT molecular complexity index is 754. The van der Waals surface area contributed by atoms with Crippen LogP contribution in [0, 0.1) is 0 Å². The molecule has 0 saturated carbocycles. The van der Waals surface area contributed by atoms with E-state index in [1.807, 2.05) is 24.3 Å². The van der Waals surface area contributed by atoms with Gasteiger partial charge in [-0.25, -0.2) is 4.98 Å². The van der Waals surface area contributed by atoms with Crippen LogP contribution in [0.5, 0.6) is 5.88 Å². The highest BCUT2D eigenvalue weighted by atomic mass is 35.5. The van der Waals surface area contributed by atoms with Gasteiger partial charge in [0.05, 0.1) is 12.8 Å². The molecule has 0 saturated heterocycles. The molecule has 21 heavy (non-hydrogen) atoms. The number of rotatable bonds is 2. The SMILES string of the molecule is COc1cccc(C2=Cc3ccc(Cl)cc3NC=C2O)n1. The molecule has 4 nitrogen and oxygen atoms in total. The van der Waals surface area contributed by atoms with E-state index in [9.17, 15) is 5.11 Å². The Balaban J connectivity index is 2.13. The normalized spacial score (nSPS) is 13.4. The number of fused-ring (bicyclic) bond motifs is 1. The average Bonchev–Trinajstić information content (AvgIpc) is 2.67. The molecule has 0 aliphatic carbocycles. The van der Waals surface area contributed by atoms with Crippen molar-refractivity contribution in [3.05, 3.63) is 64.6 Å². The lowest BCUT2D eigenvalue weighted by Gasteiger charge is -2.06. The van der Waals surface area contributed by atoms with Gasteiger partial charge in [-0.2, -0.15) is 0 Å². The summed E-state index contributed by atoms with van der Waals surface area (Å²) in [6, 6.07) is 10.9. The second-order valence-electron chi connectivity index (χ2n) is 4.53. The smallest absolute Gasteiger partial charge is 0.213 e. The van der Waals surface area contributed by atoms with Crippen molar-refractivity contribution in [2.24, 2.45) is 0 Å². The third-order valence-corrected chi connectivity index (χ3v) is 3.40. The minimum Gasteiger partial charge on any atom is -0.506 e. The van der Waals surface area contributed by atoms with Crippen molar-refractivity contribution in [1.82, 2.24) is 4.98 Å². The lowest BCUT2D eigenvalue weighted by atomic mass is 10.1. The molecule has 106 valence electrons. The Hall–Kier alpha value is -2.46. The number of nitrogens with one attached hydrogen (secondary N) is 1. The van der Waals surface area contributed by atoms with E-state index >= 15 is 0 Å².